The molecule has 0 aliphatic carbocycles. The highest BCUT2D eigenvalue weighted by atomic mass is 16.4. The highest BCUT2D eigenvalue weighted by molar-refractivity contribution is 5.95. The summed E-state index contributed by atoms with van der Waals surface area (Å²) in [6.07, 6.45) is 0. The molecule has 1 amide bonds. The van der Waals surface area contributed by atoms with E-state index in [2.05, 4.69) is 10.5 Å². The molecule has 0 spiro atoms. The Morgan fingerprint density at radius 2 is 2.22 bits per heavy atom. The van der Waals surface area contributed by atoms with Gasteiger partial charge in [-0.15, -0.1) is 0 Å². The number of amidine groups is 1. The van der Waals surface area contributed by atoms with Crippen molar-refractivity contribution in [3.63, 3.8) is 0 Å². The zero-order valence-corrected chi connectivity index (χ0v) is 10.3. The molecule has 0 fully saturated rings. The van der Waals surface area contributed by atoms with Crippen molar-refractivity contribution in [1.82, 2.24) is 5.32 Å². The summed E-state index contributed by atoms with van der Waals surface area (Å²) in [4.78, 5) is 11.8. The van der Waals surface area contributed by atoms with Crippen LogP contribution in [0.1, 0.15) is 22.8 Å². The molecule has 18 heavy (non-hydrogen) atoms. The third-order valence-corrected chi connectivity index (χ3v) is 2.65. The fourth-order valence-electron chi connectivity index (χ4n) is 1.35. The summed E-state index contributed by atoms with van der Waals surface area (Å²) in [6.45, 7) is 3.72. The lowest BCUT2D eigenvalue weighted by atomic mass is 10.1. The first-order chi connectivity index (χ1) is 8.45. The van der Waals surface area contributed by atoms with Crippen LogP contribution in [-0.4, -0.2) is 28.6 Å². The van der Waals surface area contributed by atoms with E-state index < -0.39 is 0 Å². The number of phenols is 1. The second-order valence-corrected chi connectivity index (χ2v) is 4.14. The number of oxime groups is 1. The predicted molar refractivity (Wildman–Crippen MR) is 67.7 cm³/mol. The van der Waals surface area contributed by atoms with Crippen molar-refractivity contribution in [2.75, 3.05) is 6.54 Å². The van der Waals surface area contributed by atoms with Crippen molar-refractivity contribution in [3.05, 3.63) is 29.3 Å². The van der Waals surface area contributed by atoms with Gasteiger partial charge in [0.05, 0.1) is 0 Å². The first-order valence-corrected chi connectivity index (χ1v) is 5.51. The number of carbonyl (C=O) groups is 1. The Labute approximate surface area is 105 Å². The van der Waals surface area contributed by atoms with E-state index in [4.69, 9.17) is 10.9 Å². The molecule has 0 bridgehead atoms. The summed E-state index contributed by atoms with van der Waals surface area (Å²) >= 11 is 0. The predicted octanol–water partition coefficient (Wildman–Crippen LogP) is 0.813. The lowest BCUT2D eigenvalue weighted by Crippen LogP contribution is -2.34. The van der Waals surface area contributed by atoms with Crippen LogP contribution in [0.5, 0.6) is 5.75 Å². The van der Waals surface area contributed by atoms with Gasteiger partial charge in [-0.1, -0.05) is 12.1 Å². The van der Waals surface area contributed by atoms with Gasteiger partial charge in [-0.2, -0.15) is 0 Å². The average molecular weight is 251 g/mol. The zero-order chi connectivity index (χ0) is 13.7. The molecule has 6 nitrogen and oxygen atoms in total. The molecule has 0 saturated heterocycles. The summed E-state index contributed by atoms with van der Waals surface area (Å²) in [7, 11) is 0. The maximum atomic E-state index is 11.8. The Morgan fingerprint density at radius 1 is 1.56 bits per heavy atom. The number of nitrogens with two attached hydrogens (primary N) is 1. The van der Waals surface area contributed by atoms with Crippen LogP contribution < -0.4 is 11.1 Å². The van der Waals surface area contributed by atoms with E-state index in [0.29, 0.717) is 11.1 Å². The van der Waals surface area contributed by atoms with E-state index in [1.165, 1.54) is 12.1 Å². The molecule has 1 aromatic carbocycles. The second kappa shape index (κ2) is 5.90. The number of nitrogens with zero attached hydrogens (tertiary/aromatic N) is 1. The molecule has 1 atom stereocenters. The number of hydrogen-bond acceptors (Lipinski definition) is 4. The first-order valence-electron chi connectivity index (χ1n) is 5.51. The van der Waals surface area contributed by atoms with Crippen LogP contribution in [0.2, 0.25) is 0 Å². The third kappa shape index (κ3) is 3.38. The maximum absolute atomic E-state index is 11.8. The molecular weight excluding hydrogens is 234 g/mol. The minimum absolute atomic E-state index is 0.0668. The van der Waals surface area contributed by atoms with Gasteiger partial charge in [0, 0.05) is 18.0 Å². The molecule has 0 aliphatic rings. The van der Waals surface area contributed by atoms with Gasteiger partial charge in [0.2, 0.25) is 0 Å². The summed E-state index contributed by atoms with van der Waals surface area (Å²) < 4.78 is 0. The number of benzene rings is 1. The van der Waals surface area contributed by atoms with Crippen molar-refractivity contribution < 1.29 is 15.1 Å². The molecule has 5 N–H and O–H groups in total. The van der Waals surface area contributed by atoms with E-state index >= 15 is 0 Å². The van der Waals surface area contributed by atoms with Crippen LogP contribution in [0, 0.1) is 12.8 Å². The molecule has 98 valence electrons. The standard InChI is InChI=1S/C12H17N3O3/c1-7-5-9(3-4-10(7)16)12(17)14-6-8(2)11(13)15-18/h3-5,8,16,18H,6H2,1-2H3,(H2,13,15)(H,14,17). The van der Waals surface area contributed by atoms with Gasteiger partial charge in [-0.05, 0) is 30.7 Å². The Balaban J connectivity index is 2.63. The minimum Gasteiger partial charge on any atom is -0.508 e. The zero-order valence-electron chi connectivity index (χ0n) is 10.3. The number of amides is 1. The fraction of sp³-hybridized carbons (Fsp3) is 0.333. The number of hydrogen-bond donors (Lipinski definition) is 4. The average Bonchev–Trinajstić information content (AvgIpc) is 2.37. The second-order valence-electron chi connectivity index (χ2n) is 4.14. The van der Waals surface area contributed by atoms with Gasteiger partial charge in [0.1, 0.15) is 11.6 Å². The lowest BCUT2D eigenvalue weighted by molar-refractivity contribution is 0.0951. The van der Waals surface area contributed by atoms with Crippen LogP contribution >= 0.6 is 0 Å². The number of aryl methyl sites for hydroxylation is 1. The van der Waals surface area contributed by atoms with Crippen molar-refractivity contribution in [1.29, 1.82) is 0 Å². The van der Waals surface area contributed by atoms with Crippen LogP contribution in [0.4, 0.5) is 0 Å². The summed E-state index contributed by atoms with van der Waals surface area (Å²) in [5, 5.41) is 23.4. The van der Waals surface area contributed by atoms with Crippen LogP contribution in [0.25, 0.3) is 0 Å². The van der Waals surface area contributed by atoms with Gasteiger partial charge in [-0.3, -0.25) is 4.79 Å². The quantitative estimate of drug-likeness (QED) is 0.275. The van der Waals surface area contributed by atoms with Crippen molar-refractivity contribution >= 4 is 11.7 Å². The topological polar surface area (TPSA) is 108 Å². The van der Waals surface area contributed by atoms with Crippen molar-refractivity contribution in [3.8, 4) is 5.75 Å². The molecule has 0 aromatic heterocycles. The van der Waals surface area contributed by atoms with Crippen molar-refractivity contribution in [2.45, 2.75) is 13.8 Å². The van der Waals surface area contributed by atoms with E-state index in [1.54, 1.807) is 19.9 Å². The van der Waals surface area contributed by atoms with E-state index in [0.717, 1.165) is 0 Å². The summed E-state index contributed by atoms with van der Waals surface area (Å²) in [5.41, 5.74) is 6.49. The Morgan fingerprint density at radius 3 is 2.78 bits per heavy atom. The molecule has 1 aromatic rings. The van der Waals surface area contributed by atoms with Gasteiger partial charge in [0.15, 0.2) is 0 Å². The number of carbonyl (C=O) groups excluding carboxylic acids is 1. The third-order valence-electron chi connectivity index (χ3n) is 2.65. The normalized spacial score (nSPS) is 13.1. The van der Waals surface area contributed by atoms with Gasteiger partial charge in [-0.25, -0.2) is 0 Å². The highest BCUT2D eigenvalue weighted by Crippen LogP contribution is 2.16. The molecule has 0 aliphatic heterocycles. The molecular formula is C12H17N3O3. The van der Waals surface area contributed by atoms with E-state index in [1.807, 2.05) is 0 Å². The lowest BCUT2D eigenvalue weighted by Gasteiger charge is -2.11. The van der Waals surface area contributed by atoms with Gasteiger partial charge >= 0.3 is 0 Å². The number of nitrogens with one attached hydrogen (secondary N) is 1. The summed E-state index contributed by atoms with van der Waals surface area (Å²) in [6, 6.07) is 4.60. The largest absolute Gasteiger partial charge is 0.508 e. The Bertz CT molecular complexity index is 472. The smallest absolute Gasteiger partial charge is 0.251 e. The molecule has 6 heteroatoms. The van der Waals surface area contributed by atoms with Crippen LogP contribution in [0.3, 0.4) is 0 Å². The fourth-order valence-corrected chi connectivity index (χ4v) is 1.35. The first kappa shape index (κ1) is 13.8. The van der Waals surface area contributed by atoms with Crippen LogP contribution in [-0.2, 0) is 0 Å². The molecule has 1 unspecified atom stereocenters. The SMILES string of the molecule is Cc1cc(C(=O)NCC(C)/C(N)=N/O)ccc1O. The number of aromatic hydroxyl groups is 1. The number of rotatable bonds is 4. The van der Waals surface area contributed by atoms with Gasteiger partial charge in [0.25, 0.3) is 5.91 Å². The Kier molecular flexibility index (Phi) is 4.53. The van der Waals surface area contributed by atoms with Gasteiger partial charge < -0.3 is 21.4 Å². The van der Waals surface area contributed by atoms with E-state index in [9.17, 15) is 9.90 Å². The van der Waals surface area contributed by atoms with Crippen LogP contribution in [0.15, 0.2) is 23.4 Å². The Hall–Kier alpha value is -2.24. The van der Waals surface area contributed by atoms with E-state index in [-0.39, 0.29) is 30.0 Å². The molecule has 0 radical (unpaired) electrons. The monoisotopic (exact) mass is 251 g/mol. The molecule has 1 rings (SSSR count). The molecule has 0 heterocycles. The number of phenolic OH excluding ortho intramolecular Hbond substituents is 1. The maximum Gasteiger partial charge on any atom is 0.251 e. The molecule has 0 saturated carbocycles. The summed E-state index contributed by atoms with van der Waals surface area (Å²) in [5.74, 6) is -0.304. The highest BCUT2D eigenvalue weighted by Gasteiger charge is 2.11. The minimum atomic E-state index is -0.268. The van der Waals surface area contributed by atoms with Crippen molar-refractivity contribution in [2.24, 2.45) is 16.8 Å².